The normalized spacial score (nSPS) is 16.9. The topological polar surface area (TPSA) is 68.3 Å². The first-order valence-corrected chi connectivity index (χ1v) is 10.1. The molecule has 1 N–H and O–H groups in total. The Hall–Kier alpha value is -2.44. The third-order valence-electron chi connectivity index (χ3n) is 4.62. The van der Waals surface area contributed by atoms with E-state index in [0.717, 1.165) is 28.7 Å². The Kier molecular flexibility index (Phi) is 4.38. The fourth-order valence-electron chi connectivity index (χ4n) is 3.29. The Balaban J connectivity index is 1.54. The van der Waals surface area contributed by atoms with E-state index in [1.807, 2.05) is 43.3 Å². The van der Waals surface area contributed by atoms with E-state index in [9.17, 15) is 8.42 Å². The summed E-state index contributed by atoms with van der Waals surface area (Å²) >= 11 is 0. The van der Waals surface area contributed by atoms with Crippen molar-refractivity contribution in [3.05, 3.63) is 65.9 Å². The van der Waals surface area contributed by atoms with E-state index in [1.54, 1.807) is 18.3 Å². The fourth-order valence-corrected chi connectivity index (χ4v) is 4.58. The van der Waals surface area contributed by atoms with Gasteiger partial charge in [-0.05, 0) is 42.7 Å². The second-order valence-electron chi connectivity index (χ2n) is 6.68. The van der Waals surface area contributed by atoms with Crippen molar-refractivity contribution in [2.75, 3.05) is 13.2 Å². The van der Waals surface area contributed by atoms with Gasteiger partial charge in [0.25, 0.3) is 0 Å². The zero-order chi connectivity index (χ0) is 18.1. The minimum absolute atomic E-state index is 0.102. The van der Waals surface area contributed by atoms with Crippen LogP contribution in [0.3, 0.4) is 0 Å². The molecule has 6 heteroatoms. The van der Waals surface area contributed by atoms with Crippen molar-refractivity contribution in [3.63, 3.8) is 0 Å². The molecule has 3 aromatic rings. The molecule has 4 rings (SSSR count). The van der Waals surface area contributed by atoms with E-state index in [0.29, 0.717) is 18.7 Å². The van der Waals surface area contributed by atoms with Gasteiger partial charge in [0, 0.05) is 24.0 Å². The third-order valence-corrected chi connectivity index (χ3v) is 6.07. The first-order valence-electron chi connectivity index (χ1n) is 8.59. The molecule has 1 aromatic heterocycles. The summed E-state index contributed by atoms with van der Waals surface area (Å²) in [7, 11) is -3.64. The molecule has 0 aliphatic carbocycles. The van der Waals surface area contributed by atoms with Gasteiger partial charge in [0.15, 0.2) is 0 Å². The maximum Gasteiger partial charge on any atom is 0.242 e. The van der Waals surface area contributed by atoms with Gasteiger partial charge in [-0.2, -0.15) is 0 Å². The highest BCUT2D eigenvalue weighted by Crippen LogP contribution is 2.27. The van der Waals surface area contributed by atoms with Crippen molar-refractivity contribution in [1.29, 1.82) is 0 Å². The number of hydrogen-bond acceptors (Lipinski definition) is 4. The summed E-state index contributed by atoms with van der Waals surface area (Å²) < 4.78 is 34.1. The van der Waals surface area contributed by atoms with Gasteiger partial charge in [0.05, 0.1) is 12.1 Å². The molecule has 1 aliphatic rings. The van der Waals surface area contributed by atoms with Crippen LogP contribution < -0.4 is 9.46 Å². The molecule has 0 fully saturated rings. The van der Waals surface area contributed by atoms with Crippen LogP contribution in [0.4, 0.5) is 0 Å². The van der Waals surface area contributed by atoms with Gasteiger partial charge in [-0.3, -0.25) is 4.98 Å². The van der Waals surface area contributed by atoms with Gasteiger partial charge >= 0.3 is 0 Å². The Morgan fingerprint density at radius 2 is 2.04 bits per heavy atom. The van der Waals surface area contributed by atoms with E-state index in [4.69, 9.17) is 4.74 Å². The molecule has 1 unspecified atom stereocenters. The van der Waals surface area contributed by atoms with Crippen LogP contribution >= 0.6 is 0 Å². The van der Waals surface area contributed by atoms with Crippen LogP contribution in [-0.2, 0) is 16.4 Å². The molecule has 134 valence electrons. The van der Waals surface area contributed by atoms with Crippen molar-refractivity contribution in [3.8, 4) is 5.75 Å². The lowest BCUT2D eigenvalue weighted by atomic mass is 9.97. The highest BCUT2D eigenvalue weighted by Gasteiger charge is 2.23. The number of rotatable bonds is 4. The molecule has 2 aromatic carbocycles. The van der Waals surface area contributed by atoms with Crippen molar-refractivity contribution in [2.24, 2.45) is 5.92 Å². The SMILES string of the molecule is Cc1cnc2c(S(=O)(=O)NCC3COc4ccccc4C3)cccc2c1. The lowest BCUT2D eigenvalue weighted by Gasteiger charge is -2.25. The summed E-state index contributed by atoms with van der Waals surface area (Å²) in [6.07, 6.45) is 2.49. The molecule has 1 atom stereocenters. The molecule has 0 bridgehead atoms. The Labute approximate surface area is 153 Å². The van der Waals surface area contributed by atoms with E-state index in [2.05, 4.69) is 9.71 Å². The molecule has 0 spiro atoms. The van der Waals surface area contributed by atoms with Crippen LogP contribution in [-0.4, -0.2) is 26.6 Å². The van der Waals surface area contributed by atoms with Gasteiger partial charge in [-0.1, -0.05) is 30.3 Å². The van der Waals surface area contributed by atoms with Gasteiger partial charge in [0.1, 0.15) is 10.6 Å². The minimum Gasteiger partial charge on any atom is -0.493 e. The van der Waals surface area contributed by atoms with E-state index in [1.165, 1.54) is 0 Å². The number of para-hydroxylation sites is 2. The molecule has 26 heavy (non-hydrogen) atoms. The first kappa shape index (κ1) is 17.0. The molecule has 2 heterocycles. The predicted molar refractivity (Wildman–Crippen MR) is 101 cm³/mol. The Morgan fingerprint density at radius 1 is 1.19 bits per heavy atom. The monoisotopic (exact) mass is 368 g/mol. The number of benzene rings is 2. The average Bonchev–Trinajstić information content (AvgIpc) is 2.65. The summed E-state index contributed by atoms with van der Waals surface area (Å²) in [4.78, 5) is 4.54. The van der Waals surface area contributed by atoms with Gasteiger partial charge < -0.3 is 4.74 Å². The summed E-state index contributed by atoms with van der Waals surface area (Å²) in [5.41, 5.74) is 2.61. The summed E-state index contributed by atoms with van der Waals surface area (Å²) in [5, 5.41) is 0.822. The van der Waals surface area contributed by atoms with Crippen LogP contribution in [0.2, 0.25) is 0 Å². The average molecular weight is 368 g/mol. The lowest BCUT2D eigenvalue weighted by molar-refractivity contribution is 0.223. The number of nitrogens with zero attached hydrogens (tertiary/aromatic N) is 1. The standard InChI is InChI=1S/C20H20N2O3S/c1-14-9-17-6-4-8-19(20(17)21-11-14)26(23,24)22-12-15-10-16-5-2-3-7-18(16)25-13-15/h2-9,11,15,22H,10,12-13H2,1H3. The van der Waals surface area contributed by atoms with Crippen molar-refractivity contribution >= 4 is 20.9 Å². The van der Waals surface area contributed by atoms with Crippen LogP contribution in [0, 0.1) is 12.8 Å². The Morgan fingerprint density at radius 3 is 2.92 bits per heavy atom. The summed E-state index contributed by atoms with van der Waals surface area (Å²) in [6.45, 7) is 2.78. The number of fused-ring (bicyclic) bond motifs is 2. The maximum atomic E-state index is 12.8. The number of ether oxygens (including phenoxy) is 1. The van der Waals surface area contributed by atoms with E-state index in [-0.39, 0.29) is 10.8 Å². The number of pyridine rings is 1. The van der Waals surface area contributed by atoms with Crippen molar-refractivity contribution < 1.29 is 13.2 Å². The van der Waals surface area contributed by atoms with Gasteiger partial charge in [0.2, 0.25) is 10.0 Å². The number of aryl methyl sites for hydroxylation is 1. The highest BCUT2D eigenvalue weighted by molar-refractivity contribution is 7.89. The molecule has 0 amide bonds. The second kappa shape index (κ2) is 6.70. The third kappa shape index (κ3) is 3.30. The molecule has 0 saturated heterocycles. The number of nitrogens with one attached hydrogen (secondary N) is 1. The zero-order valence-electron chi connectivity index (χ0n) is 14.5. The number of sulfonamides is 1. The smallest absolute Gasteiger partial charge is 0.242 e. The van der Waals surface area contributed by atoms with Crippen LogP contribution in [0.1, 0.15) is 11.1 Å². The van der Waals surface area contributed by atoms with Crippen LogP contribution in [0.25, 0.3) is 10.9 Å². The largest absolute Gasteiger partial charge is 0.493 e. The quantitative estimate of drug-likeness (QED) is 0.768. The number of aromatic nitrogens is 1. The molecule has 5 nitrogen and oxygen atoms in total. The summed E-state index contributed by atoms with van der Waals surface area (Å²) in [6, 6.07) is 15.0. The summed E-state index contributed by atoms with van der Waals surface area (Å²) in [5.74, 6) is 0.991. The molecule has 1 aliphatic heterocycles. The Bertz CT molecular complexity index is 1060. The molecule has 0 radical (unpaired) electrons. The molecular formula is C20H20N2O3S. The highest BCUT2D eigenvalue weighted by atomic mass is 32.2. The van der Waals surface area contributed by atoms with Gasteiger partial charge in [-0.25, -0.2) is 13.1 Å². The maximum absolute atomic E-state index is 12.8. The van der Waals surface area contributed by atoms with Crippen LogP contribution in [0.5, 0.6) is 5.75 Å². The number of hydrogen-bond donors (Lipinski definition) is 1. The van der Waals surface area contributed by atoms with Gasteiger partial charge in [-0.15, -0.1) is 0 Å². The zero-order valence-corrected chi connectivity index (χ0v) is 15.3. The van der Waals surface area contributed by atoms with E-state index >= 15 is 0 Å². The van der Waals surface area contributed by atoms with Crippen molar-refractivity contribution in [2.45, 2.75) is 18.2 Å². The first-order chi connectivity index (χ1) is 12.5. The minimum atomic E-state index is -3.64. The molecule has 0 saturated carbocycles. The van der Waals surface area contributed by atoms with E-state index < -0.39 is 10.0 Å². The molecular weight excluding hydrogens is 348 g/mol. The fraction of sp³-hybridized carbons (Fsp3) is 0.250. The second-order valence-corrected chi connectivity index (χ2v) is 8.42. The lowest BCUT2D eigenvalue weighted by Crippen LogP contribution is -2.34. The van der Waals surface area contributed by atoms with Crippen LogP contribution in [0.15, 0.2) is 59.6 Å². The van der Waals surface area contributed by atoms with Crippen molar-refractivity contribution in [1.82, 2.24) is 9.71 Å². The predicted octanol–water partition coefficient (Wildman–Crippen LogP) is 3.07.